The number of hydrogen-bond donors (Lipinski definition) is 1. The minimum atomic E-state index is -0.367. The van der Waals surface area contributed by atoms with Crippen molar-refractivity contribution in [3.8, 4) is 0 Å². The molecule has 3 aromatic carbocycles. The maximum absolute atomic E-state index is 13.1. The molecular formula is C24H18Cl2N2O2S. The Labute approximate surface area is 194 Å². The topological polar surface area (TPSA) is 49.4 Å². The number of anilines is 1. The molecule has 0 saturated carbocycles. The van der Waals surface area contributed by atoms with Gasteiger partial charge in [0.25, 0.3) is 11.8 Å². The van der Waals surface area contributed by atoms with E-state index in [1.165, 1.54) is 11.3 Å². The first-order valence-corrected chi connectivity index (χ1v) is 11.1. The molecule has 4 nitrogen and oxygen atoms in total. The lowest BCUT2D eigenvalue weighted by Crippen LogP contribution is -2.27. The Morgan fingerprint density at radius 2 is 1.68 bits per heavy atom. The Morgan fingerprint density at radius 1 is 0.968 bits per heavy atom. The van der Waals surface area contributed by atoms with Crippen molar-refractivity contribution in [3.63, 3.8) is 0 Å². The third-order valence-electron chi connectivity index (χ3n) is 4.81. The summed E-state index contributed by atoms with van der Waals surface area (Å²) in [6.45, 7) is 0.463. The Balaban J connectivity index is 1.58. The predicted octanol–water partition coefficient (Wildman–Crippen LogP) is 6.73. The average molecular weight is 469 g/mol. The number of nitrogens with one attached hydrogen (secondary N) is 1. The first-order chi connectivity index (χ1) is 14.9. The molecule has 4 aromatic rings. The molecule has 31 heavy (non-hydrogen) atoms. The molecule has 0 aliphatic heterocycles. The lowest BCUT2D eigenvalue weighted by atomic mass is 10.1. The summed E-state index contributed by atoms with van der Waals surface area (Å²) in [7, 11) is 1.74. The van der Waals surface area contributed by atoms with Crippen molar-refractivity contribution in [2.45, 2.75) is 6.54 Å². The van der Waals surface area contributed by atoms with E-state index in [1.54, 1.807) is 54.4 Å². The van der Waals surface area contributed by atoms with Gasteiger partial charge in [-0.2, -0.15) is 0 Å². The second-order valence-corrected chi connectivity index (χ2v) is 8.90. The van der Waals surface area contributed by atoms with Gasteiger partial charge in [0.1, 0.15) is 4.88 Å². The van der Waals surface area contributed by atoms with Crippen LogP contribution in [0.4, 0.5) is 5.69 Å². The van der Waals surface area contributed by atoms with Gasteiger partial charge >= 0.3 is 0 Å². The minimum Gasteiger partial charge on any atom is -0.337 e. The lowest BCUT2D eigenvalue weighted by Gasteiger charge is -2.19. The molecule has 0 unspecified atom stereocenters. The van der Waals surface area contributed by atoms with Crippen molar-refractivity contribution in [2.75, 3.05) is 12.4 Å². The van der Waals surface area contributed by atoms with E-state index in [2.05, 4.69) is 5.32 Å². The highest BCUT2D eigenvalue weighted by Crippen LogP contribution is 2.37. The molecule has 0 radical (unpaired) electrons. The lowest BCUT2D eigenvalue weighted by molar-refractivity contribution is 0.0786. The maximum Gasteiger partial charge on any atom is 0.267 e. The average Bonchev–Trinajstić information content (AvgIpc) is 3.10. The molecule has 2 amide bonds. The van der Waals surface area contributed by atoms with Gasteiger partial charge in [0.05, 0.1) is 16.3 Å². The second-order valence-electron chi connectivity index (χ2n) is 7.03. The predicted molar refractivity (Wildman–Crippen MR) is 128 cm³/mol. The monoisotopic (exact) mass is 468 g/mol. The van der Waals surface area contributed by atoms with Crippen LogP contribution in [0.3, 0.4) is 0 Å². The number of nitrogens with zero attached hydrogens (tertiary/aromatic N) is 1. The molecule has 0 aliphatic carbocycles. The number of carbonyl (C=O) groups excluding carboxylic acids is 2. The molecule has 0 aliphatic rings. The Bertz CT molecular complexity index is 1270. The molecular weight excluding hydrogens is 451 g/mol. The van der Waals surface area contributed by atoms with Crippen molar-refractivity contribution in [1.82, 2.24) is 4.90 Å². The first kappa shape index (κ1) is 21.4. The van der Waals surface area contributed by atoms with E-state index in [0.717, 1.165) is 15.6 Å². The Kier molecular flexibility index (Phi) is 6.28. The summed E-state index contributed by atoms with van der Waals surface area (Å²) in [6, 6.07) is 22.0. The number of para-hydroxylation sites is 1. The van der Waals surface area contributed by atoms with Crippen LogP contribution < -0.4 is 5.32 Å². The highest BCUT2D eigenvalue weighted by molar-refractivity contribution is 7.21. The van der Waals surface area contributed by atoms with Gasteiger partial charge in [0, 0.05) is 28.7 Å². The number of halogens is 2. The number of benzene rings is 3. The molecule has 0 saturated heterocycles. The number of thiophene rings is 1. The van der Waals surface area contributed by atoms with E-state index in [0.29, 0.717) is 32.7 Å². The van der Waals surface area contributed by atoms with Crippen LogP contribution in [0.5, 0.6) is 0 Å². The smallest absolute Gasteiger partial charge is 0.267 e. The van der Waals surface area contributed by atoms with Gasteiger partial charge in [0.2, 0.25) is 0 Å². The molecule has 0 fully saturated rings. The SMILES string of the molecule is CN(Cc1ccccc1)C(=O)c1ccccc1NC(=O)c1sc2cc(Cl)ccc2c1Cl. The van der Waals surface area contributed by atoms with Crippen LogP contribution in [0.2, 0.25) is 10.0 Å². The van der Waals surface area contributed by atoms with Crippen LogP contribution in [-0.4, -0.2) is 23.8 Å². The normalized spacial score (nSPS) is 10.8. The standard InChI is InChI=1S/C24H18Cl2N2O2S/c1-28(14-15-7-3-2-4-8-15)24(30)17-9-5-6-10-19(17)27-23(29)22-21(26)18-12-11-16(25)13-20(18)31-22/h2-13H,14H2,1H3,(H,27,29). The Hall–Kier alpha value is -2.86. The number of carbonyl (C=O) groups is 2. The molecule has 0 atom stereocenters. The van der Waals surface area contributed by atoms with Crippen molar-refractivity contribution in [2.24, 2.45) is 0 Å². The molecule has 1 N–H and O–H groups in total. The van der Waals surface area contributed by atoms with Crippen LogP contribution in [0, 0.1) is 0 Å². The summed E-state index contributed by atoms with van der Waals surface area (Å²) in [6.07, 6.45) is 0. The molecule has 0 bridgehead atoms. The number of rotatable bonds is 5. The zero-order chi connectivity index (χ0) is 22.0. The van der Waals surface area contributed by atoms with Crippen LogP contribution in [0.15, 0.2) is 72.8 Å². The van der Waals surface area contributed by atoms with Gasteiger partial charge in [-0.05, 0) is 29.8 Å². The fourth-order valence-electron chi connectivity index (χ4n) is 3.28. The quantitative estimate of drug-likeness (QED) is 0.352. The highest BCUT2D eigenvalue weighted by Gasteiger charge is 2.21. The van der Waals surface area contributed by atoms with E-state index < -0.39 is 0 Å². The number of hydrogen-bond acceptors (Lipinski definition) is 3. The van der Waals surface area contributed by atoms with E-state index >= 15 is 0 Å². The zero-order valence-electron chi connectivity index (χ0n) is 16.6. The fourth-order valence-corrected chi connectivity index (χ4v) is 4.97. The molecule has 1 heterocycles. The van der Waals surface area contributed by atoms with Crippen molar-refractivity contribution in [3.05, 3.63) is 98.8 Å². The second kappa shape index (κ2) is 9.10. The molecule has 4 rings (SSSR count). The summed E-state index contributed by atoms with van der Waals surface area (Å²) >= 11 is 13.8. The van der Waals surface area contributed by atoms with Crippen LogP contribution in [0.1, 0.15) is 25.6 Å². The highest BCUT2D eigenvalue weighted by atomic mass is 35.5. The van der Waals surface area contributed by atoms with Crippen LogP contribution in [0.25, 0.3) is 10.1 Å². The van der Waals surface area contributed by atoms with Crippen molar-refractivity contribution < 1.29 is 9.59 Å². The summed E-state index contributed by atoms with van der Waals surface area (Å²) in [4.78, 5) is 28.0. The molecule has 0 spiro atoms. The van der Waals surface area contributed by atoms with Crippen LogP contribution in [-0.2, 0) is 6.54 Å². The molecule has 7 heteroatoms. The van der Waals surface area contributed by atoms with Crippen molar-refractivity contribution in [1.29, 1.82) is 0 Å². The third kappa shape index (κ3) is 4.59. The van der Waals surface area contributed by atoms with E-state index in [-0.39, 0.29) is 11.8 Å². The van der Waals surface area contributed by atoms with Gasteiger partial charge in [0.15, 0.2) is 0 Å². The van der Waals surface area contributed by atoms with E-state index in [4.69, 9.17) is 23.2 Å². The molecule has 156 valence electrons. The summed E-state index contributed by atoms with van der Waals surface area (Å²) in [5, 5.41) is 4.57. The Morgan fingerprint density at radius 3 is 2.45 bits per heavy atom. The summed E-state index contributed by atoms with van der Waals surface area (Å²) < 4.78 is 0.828. The largest absolute Gasteiger partial charge is 0.337 e. The van der Waals surface area contributed by atoms with Gasteiger partial charge < -0.3 is 10.2 Å². The zero-order valence-corrected chi connectivity index (χ0v) is 18.9. The van der Waals surface area contributed by atoms with Gasteiger partial charge in [-0.1, -0.05) is 71.7 Å². The molecule has 1 aromatic heterocycles. The minimum absolute atomic E-state index is 0.186. The van der Waals surface area contributed by atoms with Gasteiger partial charge in [-0.25, -0.2) is 0 Å². The number of fused-ring (bicyclic) bond motifs is 1. The van der Waals surface area contributed by atoms with Crippen molar-refractivity contribution >= 4 is 62.1 Å². The van der Waals surface area contributed by atoms with E-state index in [9.17, 15) is 9.59 Å². The fraction of sp³-hybridized carbons (Fsp3) is 0.0833. The summed E-state index contributed by atoms with van der Waals surface area (Å²) in [5.74, 6) is -0.553. The maximum atomic E-state index is 13.1. The van der Waals surface area contributed by atoms with E-state index in [1.807, 2.05) is 30.3 Å². The van der Waals surface area contributed by atoms with Gasteiger partial charge in [-0.3, -0.25) is 9.59 Å². The van der Waals surface area contributed by atoms with Gasteiger partial charge in [-0.15, -0.1) is 11.3 Å². The summed E-state index contributed by atoms with van der Waals surface area (Å²) in [5.41, 5.74) is 1.87. The number of amides is 2. The first-order valence-electron chi connectivity index (χ1n) is 9.51. The van der Waals surface area contributed by atoms with Crippen LogP contribution >= 0.6 is 34.5 Å². The third-order valence-corrected chi connectivity index (χ3v) is 6.70.